The molecule has 1 amide bonds. The lowest BCUT2D eigenvalue weighted by molar-refractivity contribution is -0.146. The van der Waals surface area contributed by atoms with Crippen LogP contribution in [0.3, 0.4) is 0 Å². The van der Waals surface area contributed by atoms with Crippen LogP contribution in [0.1, 0.15) is 78.3 Å². The Hall–Kier alpha value is -4.57. The molecule has 52 heavy (non-hydrogen) atoms. The minimum Gasteiger partial charge on any atom is -0.459 e. The number of nitrogens with zero attached hydrogens (tertiary/aromatic N) is 1. The molecule has 0 radical (unpaired) electrons. The third kappa shape index (κ3) is 8.22. The SMILES string of the molecule is Cc1ccc(C(=O)OC[C@H]2O[C@@H](N3CC[C@H](O[Si](c4ccccc4)(c4ccccc4)C(C)(C)C)CCC3=O)CC2OC(=O)c2ccc(C)cc2)cc1. The summed E-state index contributed by atoms with van der Waals surface area (Å²) in [7, 11) is -2.83. The molecule has 6 rings (SSSR count). The quantitative estimate of drug-likeness (QED) is 0.132. The third-order valence-electron chi connectivity index (χ3n) is 10.2. The maximum Gasteiger partial charge on any atom is 0.338 e. The van der Waals surface area contributed by atoms with Crippen molar-refractivity contribution < 1.29 is 33.0 Å². The van der Waals surface area contributed by atoms with Gasteiger partial charge < -0.3 is 23.5 Å². The topological polar surface area (TPSA) is 91.4 Å². The predicted octanol–water partition coefficient (Wildman–Crippen LogP) is 6.76. The first kappa shape index (κ1) is 37.2. The van der Waals surface area contributed by atoms with Crippen molar-refractivity contribution in [2.45, 2.75) is 89.9 Å². The summed E-state index contributed by atoms with van der Waals surface area (Å²) in [6.45, 7) is 10.9. The summed E-state index contributed by atoms with van der Waals surface area (Å²) in [4.78, 5) is 41.8. The van der Waals surface area contributed by atoms with E-state index in [-0.39, 0.29) is 30.1 Å². The molecule has 2 aliphatic heterocycles. The van der Waals surface area contributed by atoms with Crippen molar-refractivity contribution in [2.24, 2.45) is 0 Å². The second-order valence-corrected chi connectivity index (χ2v) is 19.2. The number of hydrogen-bond donors (Lipinski definition) is 0. The highest BCUT2D eigenvalue weighted by atomic mass is 28.4. The van der Waals surface area contributed by atoms with Gasteiger partial charge in [0.1, 0.15) is 25.0 Å². The Labute approximate surface area is 308 Å². The van der Waals surface area contributed by atoms with Crippen molar-refractivity contribution in [2.75, 3.05) is 13.2 Å². The van der Waals surface area contributed by atoms with Crippen LogP contribution in [0.15, 0.2) is 109 Å². The maximum absolute atomic E-state index is 13.8. The smallest absolute Gasteiger partial charge is 0.338 e. The molecule has 0 saturated carbocycles. The van der Waals surface area contributed by atoms with Gasteiger partial charge >= 0.3 is 11.9 Å². The van der Waals surface area contributed by atoms with Crippen molar-refractivity contribution in [3.63, 3.8) is 0 Å². The van der Waals surface area contributed by atoms with Gasteiger partial charge in [0.2, 0.25) is 5.91 Å². The molecule has 1 unspecified atom stereocenters. The van der Waals surface area contributed by atoms with Crippen LogP contribution in [0, 0.1) is 13.8 Å². The zero-order valence-electron chi connectivity index (χ0n) is 30.7. The van der Waals surface area contributed by atoms with Gasteiger partial charge in [0, 0.05) is 25.5 Å². The number of benzene rings is 4. The zero-order valence-corrected chi connectivity index (χ0v) is 31.7. The summed E-state index contributed by atoms with van der Waals surface area (Å²) < 4.78 is 25.5. The van der Waals surface area contributed by atoms with Gasteiger partial charge in [-0.05, 0) is 66.4 Å². The van der Waals surface area contributed by atoms with Crippen molar-refractivity contribution >= 4 is 36.5 Å². The van der Waals surface area contributed by atoms with Crippen LogP contribution in [0.4, 0.5) is 0 Å². The van der Waals surface area contributed by atoms with Crippen LogP contribution in [0.25, 0.3) is 0 Å². The van der Waals surface area contributed by atoms with E-state index in [1.54, 1.807) is 29.2 Å². The normalized spacial score (nSPS) is 21.0. The summed E-state index contributed by atoms with van der Waals surface area (Å²) in [6, 6.07) is 35.3. The molecule has 0 aromatic heterocycles. The van der Waals surface area contributed by atoms with E-state index in [2.05, 4.69) is 69.3 Å². The van der Waals surface area contributed by atoms with Gasteiger partial charge in [0.15, 0.2) is 0 Å². The van der Waals surface area contributed by atoms with Crippen LogP contribution >= 0.6 is 0 Å². The lowest BCUT2D eigenvalue weighted by Crippen LogP contribution is -2.67. The van der Waals surface area contributed by atoms with E-state index in [1.807, 2.05) is 50.2 Å². The van der Waals surface area contributed by atoms with E-state index >= 15 is 0 Å². The van der Waals surface area contributed by atoms with Crippen LogP contribution in [0.5, 0.6) is 0 Å². The van der Waals surface area contributed by atoms with Gasteiger partial charge in [-0.2, -0.15) is 0 Å². The average Bonchev–Trinajstić information content (AvgIpc) is 3.43. The number of esters is 2. The average molecular weight is 720 g/mol. The zero-order chi connectivity index (χ0) is 36.9. The first-order chi connectivity index (χ1) is 24.9. The molecule has 4 atom stereocenters. The van der Waals surface area contributed by atoms with Crippen LogP contribution < -0.4 is 10.4 Å². The first-order valence-electron chi connectivity index (χ1n) is 18.2. The Morgan fingerprint density at radius 2 is 1.31 bits per heavy atom. The molecule has 0 aliphatic carbocycles. The Morgan fingerprint density at radius 1 is 0.769 bits per heavy atom. The van der Waals surface area contributed by atoms with E-state index in [0.29, 0.717) is 36.9 Å². The van der Waals surface area contributed by atoms with E-state index in [0.717, 1.165) is 11.1 Å². The van der Waals surface area contributed by atoms with Crippen molar-refractivity contribution in [3.05, 3.63) is 131 Å². The molecular weight excluding hydrogens is 671 g/mol. The minimum absolute atomic E-state index is 0.0422. The number of ether oxygens (including phenoxy) is 3. The van der Waals surface area contributed by atoms with Gasteiger partial charge in [0.05, 0.1) is 11.1 Å². The Bertz CT molecular complexity index is 1780. The Morgan fingerprint density at radius 3 is 1.85 bits per heavy atom. The lowest BCUT2D eigenvalue weighted by Gasteiger charge is -2.45. The van der Waals surface area contributed by atoms with Crippen LogP contribution in [0.2, 0.25) is 5.04 Å². The molecular formula is C43H49NO7Si. The molecule has 4 aromatic carbocycles. The fraction of sp³-hybridized carbons (Fsp3) is 0.372. The highest BCUT2D eigenvalue weighted by molar-refractivity contribution is 6.99. The number of aryl methyl sites for hydroxylation is 2. The van der Waals surface area contributed by atoms with E-state index in [1.165, 1.54) is 10.4 Å². The summed E-state index contributed by atoms with van der Waals surface area (Å²) >= 11 is 0. The summed E-state index contributed by atoms with van der Waals surface area (Å²) in [5, 5.41) is 2.20. The Kier molecular flexibility index (Phi) is 11.4. The molecule has 8 nitrogen and oxygen atoms in total. The molecule has 272 valence electrons. The molecule has 0 bridgehead atoms. The fourth-order valence-electron chi connectivity index (χ4n) is 7.34. The molecule has 9 heteroatoms. The van der Waals surface area contributed by atoms with E-state index in [9.17, 15) is 14.4 Å². The first-order valence-corrected chi connectivity index (χ1v) is 20.1. The van der Waals surface area contributed by atoms with Gasteiger partial charge in [0.25, 0.3) is 8.32 Å². The second kappa shape index (κ2) is 16.0. The molecule has 4 aromatic rings. The van der Waals surface area contributed by atoms with Crippen LogP contribution in [-0.4, -0.2) is 68.8 Å². The summed E-state index contributed by atoms with van der Waals surface area (Å²) in [5.74, 6) is -1.03. The number of carbonyl (C=O) groups excluding carboxylic acids is 3. The van der Waals surface area contributed by atoms with Gasteiger partial charge in [-0.3, -0.25) is 4.79 Å². The molecule has 2 fully saturated rings. The van der Waals surface area contributed by atoms with Crippen molar-refractivity contribution in [1.29, 1.82) is 0 Å². The third-order valence-corrected chi connectivity index (χ3v) is 15.3. The summed E-state index contributed by atoms with van der Waals surface area (Å²) in [5.41, 5.74) is 2.89. The van der Waals surface area contributed by atoms with E-state index in [4.69, 9.17) is 18.6 Å². The largest absolute Gasteiger partial charge is 0.459 e. The number of carbonyl (C=O) groups is 3. The molecule has 2 saturated heterocycles. The monoisotopic (exact) mass is 719 g/mol. The molecule has 2 aliphatic rings. The number of hydrogen-bond acceptors (Lipinski definition) is 7. The van der Waals surface area contributed by atoms with Gasteiger partial charge in [-0.25, -0.2) is 9.59 Å². The van der Waals surface area contributed by atoms with E-state index < -0.39 is 38.7 Å². The molecule has 0 spiro atoms. The van der Waals surface area contributed by atoms with Crippen LogP contribution in [-0.2, 0) is 23.4 Å². The number of amides is 1. The maximum atomic E-state index is 13.8. The van der Waals surface area contributed by atoms with Crippen molar-refractivity contribution in [3.8, 4) is 0 Å². The second-order valence-electron chi connectivity index (χ2n) is 15.0. The lowest BCUT2D eigenvalue weighted by atomic mass is 10.1. The highest BCUT2D eigenvalue weighted by Crippen LogP contribution is 2.39. The number of likely N-dealkylation sites (tertiary alicyclic amines) is 1. The predicted molar refractivity (Wildman–Crippen MR) is 203 cm³/mol. The standard InChI is InChI=1S/C43H49NO7Si/c1-30-16-20-32(21-17-30)41(46)48-29-38-37(50-42(47)33-22-18-31(2)19-23-33)28-40(49-38)44-27-26-34(24-25-39(44)45)51-52(43(3,4)5,35-12-8-6-9-13-35)36-14-10-7-11-15-36/h6-23,34,37-38,40H,24-29H2,1-5H3/t34-,37?,38-,40-/m1/s1. The Balaban J connectivity index is 1.20. The highest BCUT2D eigenvalue weighted by Gasteiger charge is 2.52. The number of rotatable bonds is 10. The van der Waals surface area contributed by atoms with Gasteiger partial charge in [-0.15, -0.1) is 0 Å². The van der Waals surface area contributed by atoms with Gasteiger partial charge in [-0.1, -0.05) is 117 Å². The fourth-order valence-corrected chi connectivity index (χ4v) is 12.1. The molecule has 2 heterocycles. The molecule has 0 N–H and O–H groups in total. The summed E-state index contributed by atoms with van der Waals surface area (Å²) in [6.07, 6.45) is -0.549. The minimum atomic E-state index is -2.83. The van der Waals surface area contributed by atoms with Crippen molar-refractivity contribution in [1.82, 2.24) is 4.90 Å².